The largest absolute Gasteiger partial charge is 0.456 e. The maximum atomic E-state index is 12.3. The zero-order valence-electron chi connectivity index (χ0n) is 17.6. The van der Waals surface area contributed by atoms with Gasteiger partial charge in [-0.15, -0.1) is 0 Å². The standard InChI is InChI=1S/C25H22N2O6/c28-15-21(27-24(31)19-9-5-2-6-10-19)25(32)33-16-22(29)17-11-13-20(14-12-17)26-23(30)18-7-3-1-4-8-18/h1-14,21,28H,15-16H2,(H,26,30)(H,27,31). The van der Waals surface area contributed by atoms with E-state index in [0.717, 1.165) is 0 Å². The van der Waals surface area contributed by atoms with E-state index in [-0.39, 0.29) is 11.5 Å². The first-order valence-electron chi connectivity index (χ1n) is 10.1. The van der Waals surface area contributed by atoms with Gasteiger partial charge < -0.3 is 20.5 Å². The lowest BCUT2D eigenvalue weighted by Gasteiger charge is -2.15. The van der Waals surface area contributed by atoms with Crippen molar-refractivity contribution in [2.45, 2.75) is 6.04 Å². The second-order valence-electron chi connectivity index (χ2n) is 7.00. The van der Waals surface area contributed by atoms with Crippen molar-refractivity contribution in [1.82, 2.24) is 5.32 Å². The molecule has 3 rings (SSSR count). The Balaban J connectivity index is 1.51. The maximum absolute atomic E-state index is 12.3. The summed E-state index contributed by atoms with van der Waals surface area (Å²) in [7, 11) is 0. The van der Waals surface area contributed by atoms with Crippen molar-refractivity contribution in [2.75, 3.05) is 18.5 Å². The van der Waals surface area contributed by atoms with Gasteiger partial charge in [-0.25, -0.2) is 4.79 Å². The smallest absolute Gasteiger partial charge is 0.331 e. The third-order valence-electron chi connectivity index (χ3n) is 4.65. The molecule has 0 aliphatic carbocycles. The molecular weight excluding hydrogens is 424 g/mol. The average molecular weight is 446 g/mol. The summed E-state index contributed by atoms with van der Waals surface area (Å²) in [6, 6.07) is 21.7. The molecule has 0 radical (unpaired) electrons. The summed E-state index contributed by atoms with van der Waals surface area (Å²) in [4.78, 5) is 48.9. The summed E-state index contributed by atoms with van der Waals surface area (Å²) in [6.07, 6.45) is 0. The molecule has 2 amide bonds. The van der Waals surface area contributed by atoms with E-state index in [4.69, 9.17) is 4.74 Å². The number of hydrogen-bond acceptors (Lipinski definition) is 6. The SMILES string of the molecule is O=C(COC(=O)C(CO)NC(=O)c1ccccc1)c1ccc(NC(=O)c2ccccc2)cc1. The Labute approximate surface area is 190 Å². The van der Waals surface area contributed by atoms with Crippen LogP contribution in [0.1, 0.15) is 31.1 Å². The summed E-state index contributed by atoms with van der Waals surface area (Å²) < 4.78 is 4.97. The van der Waals surface area contributed by atoms with Gasteiger partial charge in [-0.05, 0) is 48.5 Å². The predicted molar refractivity (Wildman–Crippen MR) is 121 cm³/mol. The highest BCUT2D eigenvalue weighted by Gasteiger charge is 2.23. The summed E-state index contributed by atoms with van der Waals surface area (Å²) in [5.41, 5.74) is 1.59. The molecule has 0 spiro atoms. The minimum absolute atomic E-state index is 0.273. The molecular formula is C25H22N2O6. The van der Waals surface area contributed by atoms with Crippen LogP contribution >= 0.6 is 0 Å². The fourth-order valence-corrected chi connectivity index (χ4v) is 2.86. The predicted octanol–water partition coefficient (Wildman–Crippen LogP) is 2.46. The number of nitrogens with one attached hydrogen (secondary N) is 2. The van der Waals surface area contributed by atoms with Crippen LogP contribution in [0.5, 0.6) is 0 Å². The van der Waals surface area contributed by atoms with Crippen molar-refractivity contribution in [2.24, 2.45) is 0 Å². The van der Waals surface area contributed by atoms with E-state index in [9.17, 15) is 24.3 Å². The molecule has 8 nitrogen and oxygen atoms in total. The Morgan fingerprint density at radius 1 is 0.727 bits per heavy atom. The number of rotatable bonds is 9. The van der Waals surface area contributed by atoms with Crippen LogP contribution in [-0.2, 0) is 9.53 Å². The molecule has 3 N–H and O–H groups in total. The molecule has 3 aromatic carbocycles. The van der Waals surface area contributed by atoms with Gasteiger partial charge in [-0.1, -0.05) is 36.4 Å². The lowest BCUT2D eigenvalue weighted by atomic mass is 10.1. The summed E-state index contributed by atoms with van der Waals surface area (Å²) in [5.74, 6) is -2.24. The van der Waals surface area contributed by atoms with E-state index in [0.29, 0.717) is 16.8 Å². The molecule has 1 atom stereocenters. The van der Waals surface area contributed by atoms with Gasteiger partial charge in [0.1, 0.15) is 0 Å². The fraction of sp³-hybridized carbons (Fsp3) is 0.120. The third kappa shape index (κ3) is 6.59. The van der Waals surface area contributed by atoms with E-state index >= 15 is 0 Å². The minimum Gasteiger partial charge on any atom is -0.456 e. The van der Waals surface area contributed by atoms with Crippen LogP contribution in [0.3, 0.4) is 0 Å². The number of hydrogen-bond donors (Lipinski definition) is 3. The first-order chi connectivity index (χ1) is 16.0. The molecule has 0 aromatic heterocycles. The van der Waals surface area contributed by atoms with Crippen LogP contribution < -0.4 is 10.6 Å². The number of benzene rings is 3. The van der Waals surface area contributed by atoms with Crippen LogP contribution in [0.15, 0.2) is 84.9 Å². The molecule has 1 unspecified atom stereocenters. The van der Waals surface area contributed by atoms with Gasteiger partial charge in [0, 0.05) is 22.4 Å². The topological polar surface area (TPSA) is 122 Å². The Morgan fingerprint density at radius 2 is 1.27 bits per heavy atom. The normalized spacial score (nSPS) is 11.2. The van der Waals surface area contributed by atoms with Crippen molar-refractivity contribution in [1.29, 1.82) is 0 Å². The summed E-state index contributed by atoms with van der Waals surface area (Å²) in [5, 5.41) is 14.5. The molecule has 0 heterocycles. The first kappa shape index (κ1) is 23.4. The lowest BCUT2D eigenvalue weighted by Crippen LogP contribution is -2.44. The molecule has 0 aliphatic rings. The van der Waals surface area contributed by atoms with Gasteiger partial charge in [0.25, 0.3) is 11.8 Å². The Hall–Kier alpha value is -4.30. The van der Waals surface area contributed by atoms with Crippen molar-refractivity contribution in [3.05, 3.63) is 102 Å². The summed E-state index contributed by atoms with van der Waals surface area (Å²) >= 11 is 0. The van der Waals surface area contributed by atoms with Crippen LogP contribution in [0.4, 0.5) is 5.69 Å². The second-order valence-corrected chi connectivity index (χ2v) is 7.00. The number of Topliss-reactive ketones (excluding diaryl/α,β-unsaturated/α-hetero) is 1. The number of ketones is 1. The Morgan fingerprint density at radius 3 is 1.82 bits per heavy atom. The van der Waals surface area contributed by atoms with Gasteiger partial charge >= 0.3 is 5.97 Å². The fourth-order valence-electron chi connectivity index (χ4n) is 2.86. The quantitative estimate of drug-likeness (QED) is 0.343. The number of anilines is 1. The first-order valence-corrected chi connectivity index (χ1v) is 10.1. The molecule has 8 heteroatoms. The van der Waals surface area contributed by atoms with E-state index in [2.05, 4.69) is 10.6 Å². The van der Waals surface area contributed by atoms with Crippen LogP contribution in [0, 0.1) is 0 Å². The average Bonchev–Trinajstić information content (AvgIpc) is 2.87. The Kier molecular flexibility index (Phi) is 8.04. The highest BCUT2D eigenvalue weighted by atomic mass is 16.5. The molecule has 33 heavy (non-hydrogen) atoms. The molecule has 0 saturated heterocycles. The molecule has 0 aliphatic heterocycles. The minimum atomic E-state index is -1.30. The molecule has 0 bridgehead atoms. The zero-order chi connectivity index (χ0) is 23.6. The monoisotopic (exact) mass is 446 g/mol. The van der Waals surface area contributed by atoms with Crippen molar-refractivity contribution >= 4 is 29.3 Å². The highest BCUT2D eigenvalue weighted by Crippen LogP contribution is 2.12. The second kappa shape index (κ2) is 11.4. The number of ether oxygens (including phenoxy) is 1. The number of aliphatic hydroxyl groups excluding tert-OH is 1. The van der Waals surface area contributed by atoms with Crippen molar-refractivity contribution in [3.63, 3.8) is 0 Å². The maximum Gasteiger partial charge on any atom is 0.331 e. The number of esters is 1. The van der Waals surface area contributed by atoms with E-state index < -0.39 is 36.9 Å². The van der Waals surface area contributed by atoms with Gasteiger partial charge in [0.15, 0.2) is 18.4 Å². The van der Waals surface area contributed by atoms with Crippen LogP contribution in [0.25, 0.3) is 0 Å². The number of aliphatic hydroxyl groups is 1. The van der Waals surface area contributed by atoms with Gasteiger partial charge in [0.05, 0.1) is 6.61 Å². The molecule has 0 fully saturated rings. The highest BCUT2D eigenvalue weighted by molar-refractivity contribution is 6.05. The van der Waals surface area contributed by atoms with Gasteiger partial charge in [-0.2, -0.15) is 0 Å². The zero-order valence-corrected chi connectivity index (χ0v) is 17.6. The number of carbonyl (C=O) groups excluding carboxylic acids is 4. The van der Waals surface area contributed by atoms with Crippen LogP contribution in [-0.4, -0.2) is 47.9 Å². The van der Waals surface area contributed by atoms with E-state index in [1.165, 1.54) is 12.1 Å². The third-order valence-corrected chi connectivity index (χ3v) is 4.65. The Bertz CT molecular complexity index is 1110. The number of amides is 2. The van der Waals surface area contributed by atoms with Gasteiger partial charge in [0.2, 0.25) is 0 Å². The summed E-state index contributed by atoms with van der Waals surface area (Å²) in [6.45, 7) is -1.24. The van der Waals surface area contributed by atoms with Crippen molar-refractivity contribution < 1.29 is 29.0 Å². The van der Waals surface area contributed by atoms with E-state index in [1.54, 1.807) is 66.7 Å². The van der Waals surface area contributed by atoms with Crippen molar-refractivity contribution in [3.8, 4) is 0 Å². The lowest BCUT2D eigenvalue weighted by molar-refractivity contribution is -0.145. The molecule has 168 valence electrons. The van der Waals surface area contributed by atoms with Gasteiger partial charge in [-0.3, -0.25) is 14.4 Å². The van der Waals surface area contributed by atoms with Crippen LogP contribution in [0.2, 0.25) is 0 Å². The molecule has 3 aromatic rings. The van der Waals surface area contributed by atoms with E-state index in [1.807, 2.05) is 6.07 Å². The molecule has 0 saturated carbocycles. The number of carbonyl (C=O) groups is 4.